The van der Waals surface area contributed by atoms with Gasteiger partial charge >= 0.3 is 0 Å². The predicted molar refractivity (Wildman–Crippen MR) is 76.5 cm³/mol. The van der Waals surface area contributed by atoms with E-state index in [0.29, 0.717) is 23.2 Å². The van der Waals surface area contributed by atoms with Crippen LogP contribution < -0.4 is 10.5 Å². The van der Waals surface area contributed by atoms with Crippen molar-refractivity contribution < 1.29 is 4.74 Å². The summed E-state index contributed by atoms with van der Waals surface area (Å²) in [5.74, 6) is 1.12. The van der Waals surface area contributed by atoms with Crippen LogP contribution in [0.5, 0.6) is 5.75 Å². The van der Waals surface area contributed by atoms with Gasteiger partial charge < -0.3 is 15.0 Å². The smallest absolute Gasteiger partial charge is 0.138 e. The fourth-order valence-corrected chi connectivity index (χ4v) is 2.80. The van der Waals surface area contributed by atoms with Gasteiger partial charge in [0, 0.05) is 24.7 Å². The van der Waals surface area contributed by atoms with Crippen molar-refractivity contribution in [3.8, 4) is 5.75 Å². The minimum Gasteiger partial charge on any atom is -0.495 e. The third-order valence-electron chi connectivity index (χ3n) is 3.41. The number of hydrogen-bond acceptors (Lipinski definition) is 2. The fourth-order valence-electron chi connectivity index (χ4n) is 2.57. The first-order valence-corrected chi connectivity index (χ1v) is 6.43. The van der Waals surface area contributed by atoms with Gasteiger partial charge in [-0.1, -0.05) is 25.4 Å². The molecule has 2 aromatic rings. The number of hydrogen-bond donors (Lipinski definition) is 1. The summed E-state index contributed by atoms with van der Waals surface area (Å²) in [6, 6.07) is 3.95. The van der Waals surface area contributed by atoms with Gasteiger partial charge in [0.1, 0.15) is 5.75 Å². The Hall–Kier alpha value is -1.19. The Morgan fingerprint density at radius 3 is 2.56 bits per heavy atom. The van der Waals surface area contributed by atoms with E-state index >= 15 is 0 Å². The summed E-state index contributed by atoms with van der Waals surface area (Å²) in [7, 11) is 3.66. The van der Waals surface area contributed by atoms with Gasteiger partial charge in [-0.3, -0.25) is 0 Å². The monoisotopic (exact) mass is 266 g/mol. The average Bonchev–Trinajstić information content (AvgIpc) is 2.61. The summed E-state index contributed by atoms with van der Waals surface area (Å²) >= 11 is 6.19. The van der Waals surface area contributed by atoms with E-state index < -0.39 is 0 Å². The zero-order chi connectivity index (χ0) is 13.4. The highest BCUT2D eigenvalue weighted by Crippen LogP contribution is 2.37. The molecule has 0 bridgehead atoms. The average molecular weight is 267 g/mol. The second-order valence-corrected chi connectivity index (χ2v) is 5.19. The number of aromatic nitrogens is 1. The Kier molecular flexibility index (Phi) is 3.55. The molecule has 1 aromatic heterocycles. The summed E-state index contributed by atoms with van der Waals surface area (Å²) in [5.41, 5.74) is 9.42. The quantitative estimate of drug-likeness (QED) is 0.925. The summed E-state index contributed by atoms with van der Waals surface area (Å²) in [6.07, 6.45) is 0. The number of ether oxygens (including phenoxy) is 1. The van der Waals surface area contributed by atoms with Gasteiger partial charge in [-0.25, -0.2) is 0 Å². The minimum absolute atomic E-state index is 0.415. The molecule has 0 unspecified atom stereocenters. The Labute approximate surface area is 112 Å². The maximum absolute atomic E-state index is 6.19. The van der Waals surface area contributed by atoms with Crippen molar-refractivity contribution in [2.24, 2.45) is 12.8 Å². The number of fused-ring (bicyclic) bond motifs is 1. The molecule has 0 spiro atoms. The largest absolute Gasteiger partial charge is 0.495 e. The van der Waals surface area contributed by atoms with E-state index in [9.17, 15) is 0 Å². The molecule has 0 aliphatic carbocycles. The lowest BCUT2D eigenvalue weighted by molar-refractivity contribution is 0.415. The highest BCUT2D eigenvalue weighted by molar-refractivity contribution is 6.32. The van der Waals surface area contributed by atoms with Crippen molar-refractivity contribution in [3.05, 3.63) is 28.4 Å². The van der Waals surface area contributed by atoms with Crippen LogP contribution in [0.25, 0.3) is 10.9 Å². The number of nitrogens with zero attached hydrogens (tertiary/aromatic N) is 1. The lowest BCUT2D eigenvalue weighted by Gasteiger charge is -2.08. The van der Waals surface area contributed by atoms with Crippen molar-refractivity contribution in [1.29, 1.82) is 0 Å². The van der Waals surface area contributed by atoms with Gasteiger partial charge in [-0.2, -0.15) is 0 Å². The van der Waals surface area contributed by atoms with E-state index in [4.69, 9.17) is 22.1 Å². The first kappa shape index (κ1) is 13.2. The second kappa shape index (κ2) is 4.82. The van der Waals surface area contributed by atoms with Crippen LogP contribution in [0.2, 0.25) is 5.02 Å². The molecule has 0 aliphatic rings. The first-order chi connectivity index (χ1) is 8.51. The van der Waals surface area contributed by atoms with Gasteiger partial charge in [0.15, 0.2) is 0 Å². The maximum Gasteiger partial charge on any atom is 0.138 e. The van der Waals surface area contributed by atoms with Crippen LogP contribution in [-0.4, -0.2) is 11.7 Å². The third kappa shape index (κ3) is 1.88. The molecule has 0 aliphatic heterocycles. The van der Waals surface area contributed by atoms with Crippen molar-refractivity contribution >= 4 is 22.5 Å². The Morgan fingerprint density at radius 2 is 2.06 bits per heavy atom. The molecule has 0 amide bonds. The molecule has 1 aromatic carbocycles. The Balaban J connectivity index is 2.87. The van der Waals surface area contributed by atoms with Crippen LogP contribution >= 0.6 is 11.6 Å². The van der Waals surface area contributed by atoms with E-state index in [2.05, 4.69) is 18.4 Å². The molecule has 1 heterocycles. The third-order valence-corrected chi connectivity index (χ3v) is 3.70. The summed E-state index contributed by atoms with van der Waals surface area (Å²) in [4.78, 5) is 0. The van der Waals surface area contributed by atoms with E-state index in [0.717, 1.165) is 11.2 Å². The molecule has 0 saturated heterocycles. The van der Waals surface area contributed by atoms with Gasteiger partial charge in [-0.05, 0) is 23.6 Å². The molecular weight excluding hydrogens is 248 g/mol. The summed E-state index contributed by atoms with van der Waals surface area (Å²) < 4.78 is 7.42. The molecule has 0 saturated carbocycles. The molecule has 98 valence electrons. The zero-order valence-corrected chi connectivity index (χ0v) is 12.0. The van der Waals surface area contributed by atoms with Crippen molar-refractivity contribution in [2.45, 2.75) is 26.3 Å². The summed E-state index contributed by atoms with van der Waals surface area (Å²) in [6.45, 7) is 4.88. The van der Waals surface area contributed by atoms with E-state index in [1.54, 1.807) is 7.11 Å². The van der Waals surface area contributed by atoms with Crippen LogP contribution in [0.15, 0.2) is 12.1 Å². The van der Waals surface area contributed by atoms with Crippen LogP contribution in [0.4, 0.5) is 0 Å². The van der Waals surface area contributed by atoms with Crippen molar-refractivity contribution in [1.82, 2.24) is 4.57 Å². The molecule has 0 radical (unpaired) electrons. The fraction of sp³-hybridized carbons (Fsp3) is 0.429. The van der Waals surface area contributed by atoms with E-state index in [1.165, 1.54) is 10.9 Å². The Bertz CT molecular complexity index is 587. The number of rotatable bonds is 3. The summed E-state index contributed by atoms with van der Waals surface area (Å²) in [5, 5.41) is 1.80. The van der Waals surface area contributed by atoms with Crippen LogP contribution in [-0.2, 0) is 13.6 Å². The lowest BCUT2D eigenvalue weighted by atomic mass is 9.99. The highest BCUT2D eigenvalue weighted by atomic mass is 35.5. The zero-order valence-electron chi connectivity index (χ0n) is 11.2. The highest BCUT2D eigenvalue weighted by Gasteiger charge is 2.18. The molecule has 18 heavy (non-hydrogen) atoms. The topological polar surface area (TPSA) is 40.2 Å². The molecule has 4 heteroatoms. The normalized spacial score (nSPS) is 11.5. The molecular formula is C14H19ClN2O. The van der Waals surface area contributed by atoms with Gasteiger partial charge in [0.05, 0.1) is 17.6 Å². The van der Waals surface area contributed by atoms with Gasteiger partial charge in [-0.15, -0.1) is 0 Å². The van der Waals surface area contributed by atoms with Crippen LogP contribution in [0, 0.1) is 0 Å². The number of benzene rings is 1. The standard InChI is InChI=1S/C14H19ClN2O/c1-8(2)14-9-5-13(18-4)10(15)6-11(9)17(3)12(14)7-16/h5-6,8H,7,16H2,1-4H3. The number of nitrogens with two attached hydrogens (primary N) is 1. The number of aryl methyl sites for hydroxylation is 1. The van der Waals surface area contributed by atoms with E-state index in [-0.39, 0.29) is 0 Å². The van der Waals surface area contributed by atoms with Gasteiger partial charge in [0.2, 0.25) is 0 Å². The molecule has 2 rings (SSSR count). The Morgan fingerprint density at radius 1 is 1.39 bits per heavy atom. The van der Waals surface area contributed by atoms with E-state index in [1.807, 2.05) is 19.2 Å². The van der Waals surface area contributed by atoms with Gasteiger partial charge in [0.25, 0.3) is 0 Å². The maximum atomic E-state index is 6.19. The SMILES string of the molecule is COc1cc2c(C(C)C)c(CN)n(C)c2cc1Cl. The number of halogens is 1. The second-order valence-electron chi connectivity index (χ2n) is 4.78. The molecule has 2 N–H and O–H groups in total. The number of methoxy groups -OCH3 is 1. The molecule has 0 atom stereocenters. The predicted octanol–water partition coefficient (Wildman–Crippen LogP) is 3.42. The van der Waals surface area contributed by atoms with Crippen LogP contribution in [0.1, 0.15) is 31.0 Å². The molecule has 0 fully saturated rings. The van der Waals surface area contributed by atoms with Crippen molar-refractivity contribution in [3.63, 3.8) is 0 Å². The first-order valence-electron chi connectivity index (χ1n) is 6.06. The van der Waals surface area contributed by atoms with Crippen LogP contribution in [0.3, 0.4) is 0 Å². The molecule has 3 nitrogen and oxygen atoms in total. The van der Waals surface area contributed by atoms with Crippen molar-refractivity contribution in [2.75, 3.05) is 7.11 Å². The lowest BCUT2D eigenvalue weighted by Crippen LogP contribution is -2.06. The minimum atomic E-state index is 0.415.